The number of thiazole rings is 1. The van der Waals surface area contributed by atoms with Crippen LogP contribution in [0.25, 0.3) is 9.88 Å². The van der Waals surface area contributed by atoms with Gasteiger partial charge in [0.25, 0.3) is 0 Å². The molecule has 0 aliphatic heterocycles. The number of nitrogens with zero attached hydrogens (tertiary/aromatic N) is 1. The largest absolute Gasteiger partial charge is 0.476 e. The Morgan fingerprint density at radius 3 is 2.79 bits per heavy atom. The molecule has 0 spiro atoms. The lowest BCUT2D eigenvalue weighted by atomic mass is 10.4. The summed E-state index contributed by atoms with van der Waals surface area (Å²) in [6.07, 6.45) is 0. The average molecular weight is 225 g/mol. The Kier molecular flexibility index (Phi) is 2.35. The van der Waals surface area contributed by atoms with Gasteiger partial charge in [0.2, 0.25) is 0 Å². The standard InChI is InChI=1S/C9H7NO2S2/c1-5-2-3-7(14-5)8-10-6(4-13-8)9(11)12/h2-4H,1H3,(H,11,12). The van der Waals surface area contributed by atoms with Crippen LogP contribution in [-0.2, 0) is 0 Å². The van der Waals surface area contributed by atoms with Crippen LogP contribution in [-0.4, -0.2) is 16.1 Å². The van der Waals surface area contributed by atoms with Crippen LogP contribution in [0.15, 0.2) is 17.5 Å². The van der Waals surface area contributed by atoms with E-state index in [9.17, 15) is 4.79 Å². The van der Waals surface area contributed by atoms with Gasteiger partial charge in [0.1, 0.15) is 5.01 Å². The fourth-order valence-corrected chi connectivity index (χ4v) is 2.77. The summed E-state index contributed by atoms with van der Waals surface area (Å²) in [5.41, 5.74) is 0.121. The minimum atomic E-state index is -0.972. The topological polar surface area (TPSA) is 50.2 Å². The third-order valence-corrected chi connectivity index (χ3v) is 3.69. The van der Waals surface area contributed by atoms with Crippen molar-refractivity contribution in [2.75, 3.05) is 0 Å². The van der Waals surface area contributed by atoms with Gasteiger partial charge >= 0.3 is 5.97 Å². The number of rotatable bonds is 2. The number of thiophene rings is 1. The zero-order valence-electron chi connectivity index (χ0n) is 7.35. The molecule has 1 N–H and O–H groups in total. The Bertz CT molecular complexity index is 473. The summed E-state index contributed by atoms with van der Waals surface area (Å²) in [7, 11) is 0. The summed E-state index contributed by atoms with van der Waals surface area (Å²) >= 11 is 2.98. The van der Waals surface area contributed by atoms with Crippen LogP contribution in [0.3, 0.4) is 0 Å². The summed E-state index contributed by atoms with van der Waals surface area (Å²) in [5.74, 6) is -0.972. The van der Waals surface area contributed by atoms with Gasteiger partial charge in [0, 0.05) is 10.3 Å². The predicted molar refractivity (Wildman–Crippen MR) is 57.1 cm³/mol. The monoisotopic (exact) mass is 225 g/mol. The molecule has 5 heteroatoms. The van der Waals surface area contributed by atoms with Crippen molar-refractivity contribution in [3.63, 3.8) is 0 Å². The third-order valence-electron chi connectivity index (χ3n) is 1.67. The minimum Gasteiger partial charge on any atom is -0.476 e. The zero-order chi connectivity index (χ0) is 10.1. The Labute approximate surface area is 88.7 Å². The van der Waals surface area contributed by atoms with Crippen molar-refractivity contribution in [2.45, 2.75) is 6.92 Å². The molecule has 2 aromatic rings. The van der Waals surface area contributed by atoms with Gasteiger partial charge in [-0.3, -0.25) is 0 Å². The molecular formula is C9H7NO2S2. The van der Waals surface area contributed by atoms with Crippen LogP contribution in [0.4, 0.5) is 0 Å². The van der Waals surface area contributed by atoms with E-state index in [2.05, 4.69) is 4.98 Å². The second kappa shape index (κ2) is 3.51. The highest BCUT2D eigenvalue weighted by atomic mass is 32.1. The van der Waals surface area contributed by atoms with Crippen molar-refractivity contribution in [3.8, 4) is 9.88 Å². The summed E-state index contributed by atoms with van der Waals surface area (Å²) < 4.78 is 0. The predicted octanol–water partition coefficient (Wildman–Crippen LogP) is 2.88. The number of carboxylic acid groups (broad SMARTS) is 1. The molecule has 2 heterocycles. The molecule has 2 aromatic heterocycles. The number of hydrogen-bond acceptors (Lipinski definition) is 4. The van der Waals surface area contributed by atoms with E-state index in [0.717, 1.165) is 9.88 Å². The first-order valence-corrected chi connectivity index (χ1v) is 5.62. The molecule has 0 aliphatic rings. The normalized spacial score (nSPS) is 10.4. The van der Waals surface area contributed by atoms with Crippen molar-refractivity contribution in [1.82, 2.24) is 4.98 Å². The molecule has 0 atom stereocenters. The van der Waals surface area contributed by atoms with Gasteiger partial charge < -0.3 is 5.11 Å². The molecule has 2 rings (SSSR count). The Hall–Kier alpha value is -1.20. The molecule has 72 valence electrons. The SMILES string of the molecule is Cc1ccc(-c2nc(C(=O)O)cs2)s1. The number of carbonyl (C=O) groups is 1. The Balaban J connectivity index is 2.38. The molecule has 0 fully saturated rings. The summed E-state index contributed by atoms with van der Waals surface area (Å²) in [6.45, 7) is 2.01. The van der Waals surface area contributed by atoms with Crippen molar-refractivity contribution < 1.29 is 9.90 Å². The van der Waals surface area contributed by atoms with Gasteiger partial charge in [-0.15, -0.1) is 22.7 Å². The summed E-state index contributed by atoms with van der Waals surface area (Å²) in [4.78, 5) is 16.8. The van der Waals surface area contributed by atoms with Crippen LogP contribution in [0.1, 0.15) is 15.4 Å². The first kappa shape index (κ1) is 9.36. The van der Waals surface area contributed by atoms with Crippen molar-refractivity contribution in [2.24, 2.45) is 0 Å². The van der Waals surface area contributed by atoms with Crippen LogP contribution >= 0.6 is 22.7 Å². The number of hydrogen-bond donors (Lipinski definition) is 1. The summed E-state index contributed by atoms with van der Waals surface area (Å²) in [6, 6.07) is 3.96. The lowest BCUT2D eigenvalue weighted by Crippen LogP contribution is -1.95. The number of aromatic nitrogens is 1. The lowest BCUT2D eigenvalue weighted by molar-refractivity contribution is 0.0691. The second-order valence-electron chi connectivity index (χ2n) is 2.75. The van der Waals surface area contributed by atoms with E-state index < -0.39 is 5.97 Å². The van der Waals surface area contributed by atoms with Gasteiger partial charge in [-0.2, -0.15) is 0 Å². The molecule has 14 heavy (non-hydrogen) atoms. The Morgan fingerprint density at radius 1 is 1.50 bits per heavy atom. The van der Waals surface area contributed by atoms with E-state index in [1.807, 2.05) is 19.1 Å². The van der Waals surface area contributed by atoms with Crippen molar-refractivity contribution in [3.05, 3.63) is 28.1 Å². The van der Waals surface area contributed by atoms with Gasteiger partial charge in [-0.1, -0.05) is 0 Å². The van der Waals surface area contributed by atoms with E-state index >= 15 is 0 Å². The van der Waals surface area contributed by atoms with Gasteiger partial charge in [0.05, 0.1) is 4.88 Å². The first-order valence-electron chi connectivity index (χ1n) is 3.92. The molecule has 0 aliphatic carbocycles. The van der Waals surface area contributed by atoms with Crippen molar-refractivity contribution >= 4 is 28.6 Å². The molecule has 0 saturated carbocycles. The smallest absolute Gasteiger partial charge is 0.355 e. The van der Waals surface area contributed by atoms with Gasteiger partial charge in [0.15, 0.2) is 5.69 Å². The molecule has 0 radical (unpaired) electrons. The van der Waals surface area contributed by atoms with Gasteiger partial charge in [-0.05, 0) is 19.1 Å². The summed E-state index contributed by atoms with van der Waals surface area (Å²) in [5, 5.41) is 11.0. The highest BCUT2D eigenvalue weighted by Gasteiger charge is 2.10. The maximum Gasteiger partial charge on any atom is 0.355 e. The van der Waals surface area contributed by atoms with E-state index in [-0.39, 0.29) is 5.69 Å². The van der Waals surface area contributed by atoms with E-state index in [0.29, 0.717) is 0 Å². The molecule has 0 amide bonds. The first-order chi connectivity index (χ1) is 6.66. The quantitative estimate of drug-likeness (QED) is 0.855. The highest BCUT2D eigenvalue weighted by molar-refractivity contribution is 7.21. The van der Waals surface area contributed by atoms with Crippen LogP contribution < -0.4 is 0 Å². The molecule has 0 saturated heterocycles. The fraction of sp³-hybridized carbons (Fsp3) is 0.111. The molecule has 3 nitrogen and oxygen atoms in total. The van der Waals surface area contributed by atoms with E-state index in [1.54, 1.807) is 16.7 Å². The minimum absolute atomic E-state index is 0.121. The number of carboxylic acids is 1. The zero-order valence-corrected chi connectivity index (χ0v) is 8.98. The molecule has 0 bridgehead atoms. The van der Waals surface area contributed by atoms with Gasteiger partial charge in [-0.25, -0.2) is 9.78 Å². The fourth-order valence-electron chi connectivity index (χ4n) is 1.03. The Morgan fingerprint density at radius 2 is 2.29 bits per heavy atom. The van der Waals surface area contributed by atoms with E-state index in [1.165, 1.54) is 16.2 Å². The second-order valence-corrected chi connectivity index (χ2v) is 4.90. The highest BCUT2D eigenvalue weighted by Crippen LogP contribution is 2.30. The van der Waals surface area contributed by atoms with E-state index in [4.69, 9.17) is 5.11 Å². The number of aromatic carboxylic acids is 1. The van der Waals surface area contributed by atoms with Crippen LogP contribution in [0.5, 0.6) is 0 Å². The van der Waals surface area contributed by atoms with Crippen LogP contribution in [0.2, 0.25) is 0 Å². The average Bonchev–Trinajstić information content (AvgIpc) is 2.70. The maximum absolute atomic E-state index is 10.6. The molecular weight excluding hydrogens is 218 g/mol. The lowest BCUT2D eigenvalue weighted by Gasteiger charge is -1.86. The number of aryl methyl sites for hydroxylation is 1. The van der Waals surface area contributed by atoms with Crippen molar-refractivity contribution in [1.29, 1.82) is 0 Å². The van der Waals surface area contributed by atoms with Crippen LogP contribution in [0, 0.1) is 6.92 Å². The third kappa shape index (κ3) is 1.69. The maximum atomic E-state index is 10.6. The molecule has 0 aromatic carbocycles. The molecule has 0 unspecified atom stereocenters.